The average molecular weight is 235 g/mol. The highest BCUT2D eigenvalue weighted by molar-refractivity contribution is 5.63. The number of nitrogens with one attached hydrogen (secondary N) is 1. The van der Waals surface area contributed by atoms with Crippen LogP contribution in [-0.2, 0) is 0 Å². The molecule has 1 aromatic rings. The van der Waals surface area contributed by atoms with Gasteiger partial charge >= 0.3 is 0 Å². The average Bonchev–Trinajstić information content (AvgIpc) is 2.27. The number of anilines is 1. The third-order valence-corrected chi connectivity index (χ3v) is 2.98. The fraction of sp³-hybridized carbons (Fsp3) is 0.500. The van der Waals surface area contributed by atoms with Crippen LogP contribution in [0.1, 0.15) is 13.8 Å². The highest BCUT2D eigenvalue weighted by Gasteiger charge is 2.25. The zero-order chi connectivity index (χ0) is 12.4. The highest BCUT2D eigenvalue weighted by Crippen LogP contribution is 2.28. The highest BCUT2D eigenvalue weighted by atomic mass is 16.6. The fourth-order valence-electron chi connectivity index (χ4n) is 2.41. The van der Waals surface area contributed by atoms with E-state index in [1.54, 1.807) is 12.1 Å². The summed E-state index contributed by atoms with van der Waals surface area (Å²) in [5.74, 6) is 0. The lowest BCUT2D eigenvalue weighted by molar-refractivity contribution is -0.384. The smallest absolute Gasteiger partial charge is 0.292 e. The number of hydrogen-bond acceptors (Lipinski definition) is 4. The van der Waals surface area contributed by atoms with Gasteiger partial charge in [0.05, 0.1) is 4.92 Å². The molecule has 0 unspecified atom stereocenters. The van der Waals surface area contributed by atoms with Crippen molar-refractivity contribution < 1.29 is 4.92 Å². The summed E-state index contributed by atoms with van der Waals surface area (Å²) in [5.41, 5.74) is 0.909. The molecular formula is C12H17N3O2. The Bertz CT molecular complexity index is 412. The van der Waals surface area contributed by atoms with Gasteiger partial charge in [0.15, 0.2) is 0 Å². The Morgan fingerprint density at radius 2 is 1.88 bits per heavy atom. The standard InChI is InChI=1S/C12H17N3O2/c1-9-7-14(8-10(2)13-9)11-5-3-4-6-12(11)15(16)17/h3-6,9-10,13H,7-8H2,1-2H3/t9-,10-/m1/s1. The largest absolute Gasteiger partial charge is 0.363 e. The Morgan fingerprint density at radius 1 is 1.29 bits per heavy atom. The van der Waals surface area contributed by atoms with E-state index in [1.807, 2.05) is 12.1 Å². The summed E-state index contributed by atoms with van der Waals surface area (Å²) in [6.07, 6.45) is 0. The molecule has 0 amide bonds. The number of piperazine rings is 1. The summed E-state index contributed by atoms with van der Waals surface area (Å²) < 4.78 is 0. The van der Waals surface area contributed by atoms with Gasteiger partial charge in [-0.1, -0.05) is 12.1 Å². The first-order valence-electron chi connectivity index (χ1n) is 5.82. The summed E-state index contributed by atoms with van der Waals surface area (Å²) >= 11 is 0. The van der Waals surface area contributed by atoms with E-state index in [-0.39, 0.29) is 10.6 Å². The first-order chi connectivity index (χ1) is 8.08. The predicted molar refractivity (Wildman–Crippen MR) is 67.4 cm³/mol. The quantitative estimate of drug-likeness (QED) is 0.627. The lowest BCUT2D eigenvalue weighted by Crippen LogP contribution is -2.54. The van der Waals surface area contributed by atoms with Crippen LogP contribution in [0.15, 0.2) is 24.3 Å². The molecule has 1 saturated heterocycles. The van der Waals surface area contributed by atoms with Crippen LogP contribution in [0.3, 0.4) is 0 Å². The summed E-state index contributed by atoms with van der Waals surface area (Å²) in [5, 5.41) is 14.4. The van der Waals surface area contributed by atoms with E-state index in [2.05, 4.69) is 24.1 Å². The van der Waals surface area contributed by atoms with Gasteiger partial charge in [0.1, 0.15) is 5.69 Å². The molecular weight excluding hydrogens is 218 g/mol. The van der Waals surface area contributed by atoms with E-state index in [4.69, 9.17) is 0 Å². The van der Waals surface area contributed by atoms with Gasteiger partial charge in [-0.25, -0.2) is 0 Å². The number of nitro groups is 1. The number of nitro benzene ring substituents is 1. The Labute approximate surface area is 101 Å². The van der Waals surface area contributed by atoms with Crippen molar-refractivity contribution in [1.82, 2.24) is 5.32 Å². The molecule has 1 N–H and O–H groups in total. The molecule has 2 atom stereocenters. The number of rotatable bonds is 2. The van der Waals surface area contributed by atoms with Gasteiger partial charge in [-0.05, 0) is 19.9 Å². The van der Waals surface area contributed by atoms with E-state index >= 15 is 0 Å². The molecule has 5 heteroatoms. The number of hydrogen-bond donors (Lipinski definition) is 1. The van der Waals surface area contributed by atoms with Crippen LogP contribution in [0.2, 0.25) is 0 Å². The maximum absolute atomic E-state index is 11.0. The molecule has 1 heterocycles. The van der Waals surface area contributed by atoms with Crippen molar-refractivity contribution in [2.75, 3.05) is 18.0 Å². The molecule has 0 saturated carbocycles. The van der Waals surface area contributed by atoms with E-state index in [0.29, 0.717) is 12.1 Å². The zero-order valence-electron chi connectivity index (χ0n) is 10.1. The molecule has 1 aliphatic rings. The summed E-state index contributed by atoms with van der Waals surface area (Å²) in [6, 6.07) is 7.63. The second-order valence-corrected chi connectivity index (χ2v) is 4.62. The minimum Gasteiger partial charge on any atom is -0.363 e. The van der Waals surface area contributed by atoms with Gasteiger partial charge < -0.3 is 10.2 Å². The molecule has 0 spiro atoms. The van der Waals surface area contributed by atoms with Crippen molar-refractivity contribution in [3.63, 3.8) is 0 Å². The molecule has 1 aliphatic heterocycles. The molecule has 0 bridgehead atoms. The Morgan fingerprint density at radius 3 is 2.47 bits per heavy atom. The maximum atomic E-state index is 11.0. The van der Waals surface area contributed by atoms with Crippen LogP contribution < -0.4 is 10.2 Å². The van der Waals surface area contributed by atoms with Crippen molar-refractivity contribution in [2.45, 2.75) is 25.9 Å². The van der Waals surface area contributed by atoms with E-state index in [1.165, 1.54) is 0 Å². The molecule has 92 valence electrons. The van der Waals surface area contributed by atoms with Gasteiger partial charge in [0, 0.05) is 31.2 Å². The van der Waals surface area contributed by atoms with Crippen molar-refractivity contribution in [1.29, 1.82) is 0 Å². The number of nitrogens with zero attached hydrogens (tertiary/aromatic N) is 2. The van der Waals surface area contributed by atoms with Crippen LogP contribution in [0.4, 0.5) is 11.4 Å². The summed E-state index contributed by atoms with van der Waals surface area (Å²) in [7, 11) is 0. The van der Waals surface area contributed by atoms with Crippen LogP contribution in [0.5, 0.6) is 0 Å². The van der Waals surface area contributed by atoms with Crippen molar-refractivity contribution in [3.8, 4) is 0 Å². The SMILES string of the molecule is C[C@@H]1CN(c2ccccc2[N+](=O)[O-])C[C@@H](C)N1. The maximum Gasteiger partial charge on any atom is 0.292 e. The van der Waals surface area contributed by atoms with Gasteiger partial charge in [0.25, 0.3) is 5.69 Å². The third-order valence-electron chi connectivity index (χ3n) is 2.98. The Kier molecular flexibility index (Phi) is 3.28. The van der Waals surface area contributed by atoms with Crippen LogP contribution >= 0.6 is 0 Å². The first kappa shape index (κ1) is 11.9. The molecule has 5 nitrogen and oxygen atoms in total. The van der Waals surface area contributed by atoms with E-state index in [9.17, 15) is 10.1 Å². The normalized spacial score (nSPS) is 24.7. The van der Waals surface area contributed by atoms with Crippen LogP contribution in [0, 0.1) is 10.1 Å². The molecule has 0 radical (unpaired) electrons. The minimum absolute atomic E-state index is 0.189. The lowest BCUT2D eigenvalue weighted by Gasteiger charge is -2.37. The molecule has 1 aromatic carbocycles. The summed E-state index contributed by atoms with van der Waals surface area (Å²) in [6.45, 7) is 5.79. The van der Waals surface area contributed by atoms with E-state index < -0.39 is 0 Å². The molecule has 0 aromatic heterocycles. The fourth-order valence-corrected chi connectivity index (χ4v) is 2.41. The van der Waals surface area contributed by atoms with Crippen LogP contribution in [-0.4, -0.2) is 30.1 Å². The van der Waals surface area contributed by atoms with Crippen molar-refractivity contribution in [2.24, 2.45) is 0 Å². The summed E-state index contributed by atoms with van der Waals surface area (Å²) in [4.78, 5) is 12.8. The van der Waals surface area contributed by atoms with E-state index in [0.717, 1.165) is 18.8 Å². The first-order valence-corrected chi connectivity index (χ1v) is 5.82. The molecule has 17 heavy (non-hydrogen) atoms. The number of para-hydroxylation sites is 2. The second kappa shape index (κ2) is 4.71. The van der Waals surface area contributed by atoms with Crippen molar-refractivity contribution in [3.05, 3.63) is 34.4 Å². The van der Waals surface area contributed by atoms with Gasteiger partial charge in [-0.15, -0.1) is 0 Å². The van der Waals surface area contributed by atoms with Crippen LogP contribution in [0.25, 0.3) is 0 Å². The molecule has 2 rings (SSSR count). The third kappa shape index (κ3) is 2.55. The number of benzene rings is 1. The van der Waals surface area contributed by atoms with Gasteiger partial charge in [-0.3, -0.25) is 10.1 Å². The van der Waals surface area contributed by atoms with Gasteiger partial charge in [-0.2, -0.15) is 0 Å². The topological polar surface area (TPSA) is 58.4 Å². The monoisotopic (exact) mass is 235 g/mol. The second-order valence-electron chi connectivity index (χ2n) is 4.62. The molecule has 1 fully saturated rings. The lowest BCUT2D eigenvalue weighted by atomic mass is 10.1. The van der Waals surface area contributed by atoms with Gasteiger partial charge in [0.2, 0.25) is 0 Å². The van der Waals surface area contributed by atoms with Crippen molar-refractivity contribution >= 4 is 11.4 Å². The minimum atomic E-state index is -0.313. The zero-order valence-corrected chi connectivity index (χ0v) is 10.1. The Balaban J connectivity index is 2.30. The predicted octanol–water partition coefficient (Wildman–Crippen LogP) is 1.78. The molecule has 0 aliphatic carbocycles. The Hall–Kier alpha value is -1.62.